The SMILES string of the molecule is Fc1cccc(-c2nccn2C[C@@H]2C[C@@H]3CC[C@H]2O3)c1. The fraction of sp³-hybridized carbons (Fsp3) is 0.438. The number of hydrogen-bond donors (Lipinski definition) is 0. The van der Waals surface area contributed by atoms with Gasteiger partial charge in [-0.2, -0.15) is 0 Å². The van der Waals surface area contributed by atoms with Crippen LogP contribution in [-0.2, 0) is 11.3 Å². The summed E-state index contributed by atoms with van der Waals surface area (Å²) in [6.45, 7) is 0.910. The molecule has 0 N–H and O–H groups in total. The van der Waals surface area contributed by atoms with E-state index in [2.05, 4.69) is 9.55 Å². The smallest absolute Gasteiger partial charge is 0.139 e. The minimum absolute atomic E-state index is 0.222. The van der Waals surface area contributed by atoms with Gasteiger partial charge in [0.25, 0.3) is 0 Å². The highest BCUT2D eigenvalue weighted by Gasteiger charge is 2.40. The minimum Gasteiger partial charge on any atom is -0.375 e. The van der Waals surface area contributed by atoms with Crippen molar-refractivity contribution in [1.82, 2.24) is 9.55 Å². The van der Waals surface area contributed by atoms with E-state index in [9.17, 15) is 4.39 Å². The molecule has 2 aliphatic rings. The minimum atomic E-state index is -0.222. The van der Waals surface area contributed by atoms with Gasteiger partial charge in [-0.1, -0.05) is 12.1 Å². The molecular formula is C16H17FN2O. The van der Waals surface area contributed by atoms with Crippen molar-refractivity contribution in [3.05, 3.63) is 42.5 Å². The standard InChI is InChI=1S/C16H17FN2O/c17-13-3-1-2-11(8-13)16-18-6-7-19(16)10-12-9-14-4-5-15(12)20-14/h1-3,6-8,12,14-15H,4-5,9-10H2/t12-,14-,15+/m0/s1. The van der Waals surface area contributed by atoms with E-state index in [0.29, 0.717) is 18.1 Å². The number of ether oxygens (including phenoxy) is 1. The second kappa shape index (κ2) is 4.70. The van der Waals surface area contributed by atoms with Gasteiger partial charge in [0, 0.05) is 30.4 Å². The first-order valence-electron chi connectivity index (χ1n) is 7.22. The molecule has 0 amide bonds. The lowest BCUT2D eigenvalue weighted by Gasteiger charge is -2.20. The van der Waals surface area contributed by atoms with Crippen LogP contribution >= 0.6 is 0 Å². The summed E-state index contributed by atoms with van der Waals surface area (Å²) in [4.78, 5) is 4.39. The molecule has 2 fully saturated rings. The van der Waals surface area contributed by atoms with Crippen molar-refractivity contribution in [1.29, 1.82) is 0 Å². The van der Waals surface area contributed by atoms with Crippen LogP contribution in [0.5, 0.6) is 0 Å². The van der Waals surface area contributed by atoms with E-state index >= 15 is 0 Å². The average Bonchev–Trinajstić information content (AvgIpc) is 3.14. The van der Waals surface area contributed by atoms with Gasteiger partial charge in [0.2, 0.25) is 0 Å². The Labute approximate surface area is 117 Å². The van der Waals surface area contributed by atoms with Crippen molar-refractivity contribution in [3.63, 3.8) is 0 Å². The van der Waals surface area contributed by atoms with Crippen molar-refractivity contribution in [2.24, 2.45) is 5.92 Å². The fourth-order valence-electron chi connectivity index (χ4n) is 3.53. The summed E-state index contributed by atoms with van der Waals surface area (Å²) in [6, 6.07) is 6.63. The Morgan fingerprint density at radius 3 is 3.05 bits per heavy atom. The largest absolute Gasteiger partial charge is 0.375 e. The second-order valence-corrected chi connectivity index (χ2v) is 5.78. The zero-order chi connectivity index (χ0) is 13.5. The average molecular weight is 272 g/mol. The number of benzene rings is 1. The maximum absolute atomic E-state index is 13.4. The third kappa shape index (κ3) is 2.04. The molecule has 2 saturated heterocycles. The van der Waals surface area contributed by atoms with Gasteiger partial charge in [-0.15, -0.1) is 0 Å². The van der Waals surface area contributed by atoms with E-state index in [4.69, 9.17) is 4.74 Å². The van der Waals surface area contributed by atoms with E-state index in [1.54, 1.807) is 12.3 Å². The predicted octanol–water partition coefficient (Wildman–Crippen LogP) is 3.26. The molecule has 0 saturated carbocycles. The van der Waals surface area contributed by atoms with Gasteiger partial charge in [0.05, 0.1) is 12.2 Å². The summed E-state index contributed by atoms with van der Waals surface area (Å²) in [6.07, 6.45) is 8.17. The maximum Gasteiger partial charge on any atom is 0.139 e. The van der Waals surface area contributed by atoms with Gasteiger partial charge >= 0.3 is 0 Å². The molecule has 1 aromatic heterocycles. The van der Waals surface area contributed by atoms with Gasteiger partial charge in [-0.3, -0.25) is 0 Å². The van der Waals surface area contributed by atoms with Crippen LogP contribution in [0.3, 0.4) is 0 Å². The molecule has 2 aromatic rings. The first kappa shape index (κ1) is 12.1. The molecule has 4 heteroatoms. The lowest BCUT2D eigenvalue weighted by molar-refractivity contribution is 0.0900. The van der Waals surface area contributed by atoms with Crippen LogP contribution in [0.2, 0.25) is 0 Å². The van der Waals surface area contributed by atoms with E-state index in [1.807, 2.05) is 12.3 Å². The van der Waals surface area contributed by atoms with Crippen molar-refractivity contribution < 1.29 is 9.13 Å². The molecule has 1 aromatic carbocycles. The highest BCUT2D eigenvalue weighted by atomic mass is 19.1. The van der Waals surface area contributed by atoms with Gasteiger partial charge in [0.15, 0.2) is 0 Å². The molecule has 0 radical (unpaired) electrons. The van der Waals surface area contributed by atoms with Crippen molar-refractivity contribution >= 4 is 0 Å². The summed E-state index contributed by atoms with van der Waals surface area (Å²) in [5, 5.41) is 0. The summed E-state index contributed by atoms with van der Waals surface area (Å²) in [7, 11) is 0. The number of fused-ring (bicyclic) bond motifs is 2. The highest BCUT2D eigenvalue weighted by molar-refractivity contribution is 5.55. The number of halogens is 1. The lowest BCUT2D eigenvalue weighted by Crippen LogP contribution is -2.21. The first-order chi connectivity index (χ1) is 9.79. The van der Waals surface area contributed by atoms with Crippen LogP contribution in [0.25, 0.3) is 11.4 Å². The molecule has 4 rings (SSSR count). The molecule has 3 atom stereocenters. The van der Waals surface area contributed by atoms with E-state index in [0.717, 1.165) is 24.4 Å². The maximum atomic E-state index is 13.4. The zero-order valence-electron chi connectivity index (χ0n) is 11.2. The summed E-state index contributed by atoms with van der Waals surface area (Å²) in [5.74, 6) is 1.18. The van der Waals surface area contributed by atoms with Crippen LogP contribution in [0.4, 0.5) is 4.39 Å². The third-order valence-electron chi connectivity index (χ3n) is 4.46. The van der Waals surface area contributed by atoms with E-state index in [-0.39, 0.29) is 5.82 Å². The van der Waals surface area contributed by atoms with Crippen LogP contribution in [0.1, 0.15) is 19.3 Å². The molecule has 0 aliphatic carbocycles. The zero-order valence-corrected chi connectivity index (χ0v) is 11.2. The van der Waals surface area contributed by atoms with Crippen LogP contribution in [-0.4, -0.2) is 21.8 Å². The number of imidazole rings is 1. The molecule has 2 aliphatic heterocycles. The Kier molecular flexibility index (Phi) is 2.84. The Hall–Kier alpha value is -1.68. The van der Waals surface area contributed by atoms with Gasteiger partial charge in [-0.25, -0.2) is 9.37 Å². The normalized spacial score (nSPS) is 28.1. The Balaban J connectivity index is 1.59. The van der Waals surface area contributed by atoms with Crippen LogP contribution in [0.15, 0.2) is 36.7 Å². The second-order valence-electron chi connectivity index (χ2n) is 5.78. The molecule has 20 heavy (non-hydrogen) atoms. The van der Waals surface area contributed by atoms with Gasteiger partial charge < -0.3 is 9.30 Å². The molecule has 0 unspecified atom stereocenters. The number of hydrogen-bond acceptors (Lipinski definition) is 2. The Morgan fingerprint density at radius 1 is 1.35 bits per heavy atom. The Morgan fingerprint density at radius 2 is 2.30 bits per heavy atom. The van der Waals surface area contributed by atoms with E-state index < -0.39 is 0 Å². The Bertz CT molecular complexity index is 624. The van der Waals surface area contributed by atoms with Crippen LogP contribution < -0.4 is 0 Å². The third-order valence-corrected chi connectivity index (χ3v) is 4.46. The topological polar surface area (TPSA) is 27.1 Å². The van der Waals surface area contributed by atoms with Crippen molar-refractivity contribution in [3.8, 4) is 11.4 Å². The first-order valence-corrected chi connectivity index (χ1v) is 7.22. The number of aromatic nitrogens is 2. The molecule has 2 bridgehead atoms. The summed E-state index contributed by atoms with van der Waals surface area (Å²) >= 11 is 0. The molecule has 3 nitrogen and oxygen atoms in total. The van der Waals surface area contributed by atoms with Crippen molar-refractivity contribution in [2.75, 3.05) is 0 Å². The van der Waals surface area contributed by atoms with Crippen LogP contribution in [0, 0.1) is 11.7 Å². The summed E-state index contributed by atoms with van der Waals surface area (Å²) < 4.78 is 21.4. The van der Waals surface area contributed by atoms with Gasteiger partial charge in [-0.05, 0) is 31.4 Å². The monoisotopic (exact) mass is 272 g/mol. The molecular weight excluding hydrogens is 255 g/mol. The van der Waals surface area contributed by atoms with Crippen molar-refractivity contribution in [2.45, 2.75) is 38.0 Å². The van der Waals surface area contributed by atoms with E-state index in [1.165, 1.54) is 25.0 Å². The molecule has 3 heterocycles. The molecule has 0 spiro atoms. The quantitative estimate of drug-likeness (QED) is 0.857. The highest BCUT2D eigenvalue weighted by Crippen LogP contribution is 2.39. The number of nitrogens with zero attached hydrogens (tertiary/aromatic N) is 2. The summed E-state index contributed by atoms with van der Waals surface area (Å²) in [5.41, 5.74) is 0.832. The lowest BCUT2D eigenvalue weighted by atomic mass is 9.89. The predicted molar refractivity (Wildman–Crippen MR) is 73.6 cm³/mol. The fourth-order valence-corrected chi connectivity index (χ4v) is 3.53. The number of rotatable bonds is 3. The molecule has 104 valence electrons. The van der Waals surface area contributed by atoms with Gasteiger partial charge in [0.1, 0.15) is 11.6 Å².